The second-order valence-electron chi connectivity index (χ2n) is 8.31. The summed E-state index contributed by atoms with van der Waals surface area (Å²) < 4.78 is 16.1. The van der Waals surface area contributed by atoms with Gasteiger partial charge in [-0.1, -0.05) is 0 Å². The number of hydrogen-bond donors (Lipinski definition) is 0. The van der Waals surface area contributed by atoms with Gasteiger partial charge in [0, 0.05) is 11.8 Å². The van der Waals surface area contributed by atoms with Crippen molar-refractivity contribution in [3.05, 3.63) is 35.8 Å². The Bertz CT molecular complexity index is 711. The Morgan fingerprint density at radius 3 is 2.33 bits per heavy atom. The van der Waals surface area contributed by atoms with E-state index in [1.165, 1.54) is 11.2 Å². The molecule has 27 heavy (non-hydrogen) atoms. The van der Waals surface area contributed by atoms with Gasteiger partial charge in [-0.05, 0) is 53.7 Å². The van der Waals surface area contributed by atoms with Crippen molar-refractivity contribution < 1.29 is 23.8 Å². The van der Waals surface area contributed by atoms with Gasteiger partial charge in [-0.3, -0.25) is 14.7 Å². The fraction of sp³-hybridized carbons (Fsp3) is 0.550. The van der Waals surface area contributed by atoms with E-state index in [-0.39, 0.29) is 12.4 Å². The normalized spacial score (nSPS) is 14.9. The second kappa shape index (κ2) is 7.98. The van der Waals surface area contributed by atoms with E-state index in [4.69, 9.17) is 14.2 Å². The minimum Gasteiger partial charge on any atom is -0.497 e. The molecule has 1 aromatic heterocycles. The van der Waals surface area contributed by atoms with Gasteiger partial charge in [0.15, 0.2) is 0 Å². The predicted octanol–water partition coefficient (Wildman–Crippen LogP) is 3.53. The van der Waals surface area contributed by atoms with Gasteiger partial charge in [0.05, 0.1) is 24.4 Å². The van der Waals surface area contributed by atoms with E-state index in [1.54, 1.807) is 18.3 Å². The number of nitrogens with zero attached hydrogens (tertiary/aromatic N) is 2. The first-order chi connectivity index (χ1) is 12.4. The van der Waals surface area contributed by atoms with Crippen LogP contribution >= 0.6 is 0 Å². The zero-order chi connectivity index (χ0) is 20.2. The molecule has 1 aliphatic heterocycles. The molecule has 0 spiro atoms. The molecule has 1 amide bonds. The number of amides is 1. The molecule has 0 N–H and O–H groups in total. The van der Waals surface area contributed by atoms with Crippen molar-refractivity contribution in [2.75, 3.05) is 13.2 Å². The molecule has 0 saturated heterocycles. The highest BCUT2D eigenvalue weighted by Gasteiger charge is 2.28. The van der Waals surface area contributed by atoms with Crippen LogP contribution in [0.15, 0.2) is 24.6 Å². The van der Waals surface area contributed by atoms with E-state index in [0.29, 0.717) is 30.1 Å². The molecule has 0 fully saturated rings. The summed E-state index contributed by atoms with van der Waals surface area (Å²) in [5.41, 5.74) is 0.750. The molecule has 0 aliphatic carbocycles. The highest BCUT2D eigenvalue weighted by Crippen LogP contribution is 2.24. The van der Waals surface area contributed by atoms with Crippen molar-refractivity contribution in [2.24, 2.45) is 0 Å². The molecule has 148 valence electrons. The van der Waals surface area contributed by atoms with Crippen molar-refractivity contribution in [3.8, 4) is 0 Å². The molecule has 0 bridgehead atoms. The van der Waals surface area contributed by atoms with Crippen molar-refractivity contribution >= 4 is 17.8 Å². The van der Waals surface area contributed by atoms with Crippen molar-refractivity contribution in [1.82, 2.24) is 9.88 Å². The molecule has 0 radical (unpaired) electrons. The van der Waals surface area contributed by atoms with Gasteiger partial charge >= 0.3 is 12.1 Å². The van der Waals surface area contributed by atoms with E-state index in [2.05, 4.69) is 4.98 Å². The molecular weight excluding hydrogens is 348 g/mol. The summed E-state index contributed by atoms with van der Waals surface area (Å²) in [5, 5.41) is 0. The first kappa shape index (κ1) is 20.7. The standard InChI is InChI=1S/C20H28N2O5/c1-19(2,3)26-17(23)11-15-8-7-14(12-21-15)16-13-25-10-9-22(16)18(24)27-20(4,5)6/h7-8,12-13H,9-11H2,1-6H3. The van der Waals surface area contributed by atoms with Gasteiger partial charge < -0.3 is 14.2 Å². The van der Waals surface area contributed by atoms with Gasteiger partial charge in [-0.25, -0.2) is 4.79 Å². The third-order valence-corrected chi connectivity index (χ3v) is 3.40. The van der Waals surface area contributed by atoms with E-state index < -0.39 is 17.3 Å². The van der Waals surface area contributed by atoms with Crippen LogP contribution in [-0.2, 0) is 25.4 Å². The highest BCUT2D eigenvalue weighted by atomic mass is 16.6. The summed E-state index contributed by atoms with van der Waals surface area (Å²) in [5.74, 6) is -0.335. The summed E-state index contributed by atoms with van der Waals surface area (Å²) in [6.45, 7) is 11.7. The quantitative estimate of drug-likeness (QED) is 0.751. The summed E-state index contributed by atoms with van der Waals surface area (Å²) in [6, 6.07) is 3.53. The van der Waals surface area contributed by atoms with E-state index in [9.17, 15) is 9.59 Å². The molecule has 0 aromatic carbocycles. The molecule has 1 aromatic rings. The number of hydrogen-bond acceptors (Lipinski definition) is 6. The van der Waals surface area contributed by atoms with Crippen LogP contribution in [0.3, 0.4) is 0 Å². The monoisotopic (exact) mass is 376 g/mol. The minimum absolute atomic E-state index is 0.0862. The smallest absolute Gasteiger partial charge is 0.415 e. The van der Waals surface area contributed by atoms with E-state index >= 15 is 0 Å². The van der Waals surface area contributed by atoms with Crippen LogP contribution in [0.25, 0.3) is 5.70 Å². The number of ether oxygens (including phenoxy) is 3. The third-order valence-electron chi connectivity index (χ3n) is 3.40. The number of pyridine rings is 1. The van der Waals surface area contributed by atoms with E-state index in [1.807, 2.05) is 41.5 Å². The van der Waals surface area contributed by atoms with Crippen LogP contribution < -0.4 is 0 Å². The summed E-state index contributed by atoms with van der Waals surface area (Å²) in [6.07, 6.45) is 2.79. The maximum Gasteiger partial charge on any atom is 0.415 e. The lowest BCUT2D eigenvalue weighted by Gasteiger charge is -2.31. The van der Waals surface area contributed by atoms with Crippen LogP contribution in [0.2, 0.25) is 0 Å². The lowest BCUT2D eigenvalue weighted by Crippen LogP contribution is -2.39. The Hall–Kier alpha value is -2.57. The molecule has 0 atom stereocenters. The number of carbonyl (C=O) groups is 2. The Morgan fingerprint density at radius 1 is 1.11 bits per heavy atom. The van der Waals surface area contributed by atoms with Crippen LogP contribution in [-0.4, -0.2) is 46.3 Å². The maximum absolute atomic E-state index is 12.5. The van der Waals surface area contributed by atoms with Gasteiger partial charge in [0.2, 0.25) is 0 Å². The topological polar surface area (TPSA) is 78.0 Å². The lowest BCUT2D eigenvalue weighted by molar-refractivity contribution is -0.154. The number of esters is 1. The first-order valence-electron chi connectivity index (χ1n) is 8.94. The predicted molar refractivity (Wildman–Crippen MR) is 101 cm³/mol. The Balaban J connectivity index is 2.11. The largest absolute Gasteiger partial charge is 0.497 e. The highest BCUT2D eigenvalue weighted by molar-refractivity contribution is 5.82. The molecule has 0 saturated carbocycles. The van der Waals surface area contributed by atoms with Crippen LogP contribution in [0, 0.1) is 0 Å². The van der Waals surface area contributed by atoms with Gasteiger partial charge in [0.1, 0.15) is 24.1 Å². The fourth-order valence-electron chi connectivity index (χ4n) is 2.40. The minimum atomic E-state index is -0.587. The third kappa shape index (κ3) is 6.58. The van der Waals surface area contributed by atoms with Crippen molar-refractivity contribution in [2.45, 2.75) is 59.2 Å². The Morgan fingerprint density at radius 2 is 1.78 bits per heavy atom. The van der Waals surface area contributed by atoms with Crippen LogP contribution in [0.4, 0.5) is 4.79 Å². The molecule has 0 unspecified atom stereocenters. The van der Waals surface area contributed by atoms with Crippen LogP contribution in [0.1, 0.15) is 52.8 Å². The SMILES string of the molecule is CC(C)(C)OC(=O)Cc1ccc(C2=COCCN2C(=O)OC(C)(C)C)cn1. The lowest BCUT2D eigenvalue weighted by atomic mass is 10.1. The Labute approximate surface area is 160 Å². The fourth-order valence-corrected chi connectivity index (χ4v) is 2.40. The average Bonchev–Trinajstić information content (AvgIpc) is 2.52. The second-order valence-corrected chi connectivity index (χ2v) is 8.31. The van der Waals surface area contributed by atoms with Gasteiger partial charge in [-0.2, -0.15) is 0 Å². The van der Waals surface area contributed by atoms with Crippen LogP contribution in [0.5, 0.6) is 0 Å². The molecule has 7 heteroatoms. The van der Waals surface area contributed by atoms with Crippen molar-refractivity contribution in [3.63, 3.8) is 0 Å². The zero-order valence-electron chi connectivity index (χ0n) is 16.9. The summed E-state index contributed by atoms with van der Waals surface area (Å²) >= 11 is 0. The number of carbonyl (C=O) groups excluding carboxylic acids is 2. The maximum atomic E-state index is 12.5. The van der Waals surface area contributed by atoms with Gasteiger partial charge in [-0.15, -0.1) is 0 Å². The Kier molecular flexibility index (Phi) is 6.13. The number of aromatic nitrogens is 1. The first-order valence-corrected chi connectivity index (χ1v) is 8.94. The number of rotatable bonds is 3. The van der Waals surface area contributed by atoms with E-state index in [0.717, 1.165) is 0 Å². The van der Waals surface area contributed by atoms with Gasteiger partial charge in [0.25, 0.3) is 0 Å². The zero-order valence-corrected chi connectivity index (χ0v) is 16.9. The average molecular weight is 376 g/mol. The summed E-state index contributed by atoms with van der Waals surface area (Å²) in [7, 11) is 0. The molecule has 7 nitrogen and oxygen atoms in total. The molecule has 2 heterocycles. The van der Waals surface area contributed by atoms with Crippen molar-refractivity contribution in [1.29, 1.82) is 0 Å². The summed E-state index contributed by atoms with van der Waals surface area (Å²) in [4.78, 5) is 30.2. The molecule has 2 rings (SSSR count). The molecule has 1 aliphatic rings. The molecular formula is C20H28N2O5.